The highest BCUT2D eigenvalue weighted by atomic mass is 16.5. The van der Waals surface area contributed by atoms with Gasteiger partial charge in [-0.05, 0) is 57.4 Å². The van der Waals surface area contributed by atoms with E-state index in [4.69, 9.17) is 9.26 Å². The monoisotopic (exact) mass is 435 g/mol. The third-order valence-electron chi connectivity index (χ3n) is 5.75. The Hall–Kier alpha value is -3.42. The second-order valence-corrected chi connectivity index (χ2v) is 7.73. The van der Waals surface area contributed by atoms with Crippen LogP contribution in [0, 0.1) is 0 Å². The van der Waals surface area contributed by atoms with E-state index in [9.17, 15) is 4.79 Å². The minimum atomic E-state index is -0.235. The molecule has 1 saturated heterocycles. The van der Waals surface area contributed by atoms with Crippen molar-refractivity contribution >= 4 is 11.7 Å². The number of piperidine rings is 1. The molecule has 168 valence electrons. The van der Waals surface area contributed by atoms with Crippen molar-refractivity contribution in [3.63, 3.8) is 0 Å². The average Bonchev–Trinajstić information content (AvgIpc) is 3.34. The molecular weight excluding hydrogens is 406 g/mol. The lowest BCUT2D eigenvalue weighted by atomic mass is 10.0. The number of carbonyl (C=O) groups is 1. The molecule has 3 aromatic rings. The van der Waals surface area contributed by atoms with Crippen LogP contribution in [0.1, 0.15) is 45.0 Å². The smallest absolute Gasteiger partial charge is 0.261 e. The van der Waals surface area contributed by atoms with E-state index in [0.717, 1.165) is 43.7 Å². The van der Waals surface area contributed by atoms with Gasteiger partial charge in [0.25, 0.3) is 5.91 Å². The highest BCUT2D eigenvalue weighted by Gasteiger charge is 2.32. The molecule has 0 N–H and O–H groups in total. The van der Waals surface area contributed by atoms with Crippen LogP contribution in [0.3, 0.4) is 0 Å². The fourth-order valence-electron chi connectivity index (χ4n) is 4.00. The maximum absolute atomic E-state index is 12.9. The van der Waals surface area contributed by atoms with Crippen LogP contribution in [-0.4, -0.2) is 52.2 Å². The molecule has 0 spiro atoms. The predicted molar refractivity (Wildman–Crippen MR) is 121 cm³/mol. The van der Waals surface area contributed by atoms with Gasteiger partial charge in [0.2, 0.25) is 11.7 Å². The van der Waals surface area contributed by atoms with Crippen molar-refractivity contribution in [1.82, 2.24) is 20.0 Å². The molecule has 8 heteroatoms. The zero-order valence-corrected chi connectivity index (χ0v) is 18.6. The quantitative estimate of drug-likeness (QED) is 0.526. The fourth-order valence-corrected chi connectivity index (χ4v) is 4.00. The summed E-state index contributed by atoms with van der Waals surface area (Å²) < 4.78 is 11.3. The van der Waals surface area contributed by atoms with Gasteiger partial charge in [0, 0.05) is 31.4 Å². The van der Waals surface area contributed by atoms with Crippen molar-refractivity contribution in [1.29, 1.82) is 0 Å². The van der Waals surface area contributed by atoms with Crippen LogP contribution in [0.4, 0.5) is 5.82 Å². The number of pyridine rings is 1. The van der Waals surface area contributed by atoms with Crippen molar-refractivity contribution in [2.24, 2.45) is 0 Å². The number of amides is 1. The first-order valence-corrected chi connectivity index (χ1v) is 11.2. The minimum absolute atomic E-state index is 0.0148. The van der Waals surface area contributed by atoms with Crippen molar-refractivity contribution in [2.75, 3.05) is 31.1 Å². The summed E-state index contributed by atoms with van der Waals surface area (Å²) in [5.74, 6) is 2.46. The summed E-state index contributed by atoms with van der Waals surface area (Å²) in [5.41, 5.74) is 0.845. The largest absolute Gasteiger partial charge is 0.484 e. The van der Waals surface area contributed by atoms with Gasteiger partial charge in [-0.25, -0.2) is 4.98 Å². The molecule has 1 aliphatic heterocycles. The number of benzene rings is 1. The van der Waals surface area contributed by atoms with Gasteiger partial charge < -0.3 is 19.1 Å². The molecule has 1 unspecified atom stereocenters. The summed E-state index contributed by atoms with van der Waals surface area (Å²) in [6.07, 6.45) is 4.51. The van der Waals surface area contributed by atoms with Gasteiger partial charge in [-0.2, -0.15) is 4.98 Å². The van der Waals surface area contributed by atoms with Crippen molar-refractivity contribution < 1.29 is 14.1 Å². The second kappa shape index (κ2) is 10.3. The topological polar surface area (TPSA) is 84.6 Å². The van der Waals surface area contributed by atoms with Crippen molar-refractivity contribution in [2.45, 2.75) is 39.2 Å². The van der Waals surface area contributed by atoms with Crippen LogP contribution < -0.4 is 9.64 Å². The van der Waals surface area contributed by atoms with E-state index in [1.54, 1.807) is 11.1 Å². The second-order valence-electron chi connectivity index (χ2n) is 7.73. The van der Waals surface area contributed by atoms with Gasteiger partial charge in [0.1, 0.15) is 17.6 Å². The van der Waals surface area contributed by atoms with E-state index in [0.29, 0.717) is 24.0 Å². The SMILES string of the molecule is CCN(CC)c1cc(-c2noc(C3CCCCN3C(=O)COc3ccccc3)n2)ccn1. The van der Waals surface area contributed by atoms with Gasteiger partial charge in [-0.3, -0.25) is 4.79 Å². The first kappa shape index (κ1) is 21.8. The minimum Gasteiger partial charge on any atom is -0.484 e. The molecule has 1 aromatic carbocycles. The Morgan fingerprint density at radius 1 is 1.19 bits per heavy atom. The number of carbonyl (C=O) groups excluding carboxylic acids is 1. The first-order chi connectivity index (χ1) is 15.7. The van der Waals surface area contributed by atoms with Crippen LogP contribution in [0.2, 0.25) is 0 Å². The van der Waals surface area contributed by atoms with E-state index in [1.165, 1.54) is 0 Å². The van der Waals surface area contributed by atoms with Gasteiger partial charge in [0.05, 0.1) is 0 Å². The summed E-state index contributed by atoms with van der Waals surface area (Å²) in [6.45, 7) is 6.57. The predicted octanol–water partition coefficient (Wildman–Crippen LogP) is 4.11. The number of aromatic nitrogens is 3. The number of para-hydroxylation sites is 1. The molecule has 8 nitrogen and oxygen atoms in total. The molecule has 1 fully saturated rings. The maximum atomic E-state index is 12.9. The van der Waals surface area contributed by atoms with E-state index < -0.39 is 0 Å². The van der Waals surface area contributed by atoms with E-state index in [-0.39, 0.29) is 18.6 Å². The maximum Gasteiger partial charge on any atom is 0.261 e. The van der Waals surface area contributed by atoms with Crippen LogP contribution in [-0.2, 0) is 4.79 Å². The number of hydrogen-bond donors (Lipinski definition) is 0. The third kappa shape index (κ3) is 4.90. The highest BCUT2D eigenvalue weighted by molar-refractivity contribution is 5.78. The number of nitrogens with zero attached hydrogens (tertiary/aromatic N) is 5. The summed E-state index contributed by atoms with van der Waals surface area (Å²) in [7, 11) is 0. The highest BCUT2D eigenvalue weighted by Crippen LogP contribution is 2.31. The summed E-state index contributed by atoms with van der Waals surface area (Å²) in [5, 5.41) is 4.20. The Kier molecular flexibility index (Phi) is 6.99. The Labute approximate surface area is 188 Å². The number of likely N-dealkylation sites (tertiary alicyclic amines) is 1. The zero-order chi connectivity index (χ0) is 22.3. The Bertz CT molecular complexity index is 1020. The molecule has 0 saturated carbocycles. The number of rotatable bonds is 8. The summed E-state index contributed by atoms with van der Waals surface area (Å²) in [6, 6.07) is 13.0. The lowest BCUT2D eigenvalue weighted by molar-refractivity contribution is -0.138. The molecule has 1 atom stereocenters. The van der Waals surface area contributed by atoms with Gasteiger partial charge in [-0.15, -0.1) is 0 Å². The van der Waals surface area contributed by atoms with Crippen LogP contribution >= 0.6 is 0 Å². The molecule has 0 aliphatic carbocycles. The Morgan fingerprint density at radius 2 is 2.00 bits per heavy atom. The lowest BCUT2D eigenvalue weighted by Crippen LogP contribution is -2.41. The molecule has 0 bridgehead atoms. The molecular formula is C24H29N5O3. The third-order valence-corrected chi connectivity index (χ3v) is 5.75. The summed E-state index contributed by atoms with van der Waals surface area (Å²) >= 11 is 0. The van der Waals surface area contributed by atoms with Crippen molar-refractivity contribution in [3.8, 4) is 17.1 Å². The van der Waals surface area contributed by atoms with Gasteiger partial charge >= 0.3 is 0 Å². The molecule has 32 heavy (non-hydrogen) atoms. The van der Waals surface area contributed by atoms with E-state index in [1.807, 2.05) is 42.5 Å². The zero-order valence-electron chi connectivity index (χ0n) is 18.6. The molecule has 1 aliphatic rings. The fraction of sp³-hybridized carbons (Fsp3) is 0.417. The number of hydrogen-bond acceptors (Lipinski definition) is 7. The molecule has 2 aromatic heterocycles. The average molecular weight is 436 g/mol. The van der Waals surface area contributed by atoms with Crippen LogP contribution in [0.5, 0.6) is 5.75 Å². The standard InChI is InChI=1S/C24H29N5O3/c1-3-28(4-2)21-16-18(13-14-25-21)23-26-24(32-27-23)20-12-8-9-15-29(20)22(30)17-31-19-10-6-5-7-11-19/h5-7,10-11,13-14,16,20H,3-4,8-9,12,15,17H2,1-2H3. The Morgan fingerprint density at radius 3 is 2.78 bits per heavy atom. The normalized spacial score (nSPS) is 16.1. The van der Waals surface area contributed by atoms with Crippen molar-refractivity contribution in [3.05, 3.63) is 54.6 Å². The van der Waals surface area contributed by atoms with Gasteiger partial charge in [0.15, 0.2) is 6.61 Å². The molecule has 4 rings (SSSR count). The van der Waals surface area contributed by atoms with Gasteiger partial charge in [-0.1, -0.05) is 23.4 Å². The first-order valence-electron chi connectivity index (χ1n) is 11.2. The van der Waals surface area contributed by atoms with E-state index in [2.05, 4.69) is 33.9 Å². The molecule has 1 amide bonds. The number of ether oxygens (including phenoxy) is 1. The summed E-state index contributed by atoms with van der Waals surface area (Å²) in [4.78, 5) is 26.0. The van der Waals surface area contributed by atoms with Crippen LogP contribution in [0.25, 0.3) is 11.4 Å². The Balaban J connectivity index is 1.49. The van der Waals surface area contributed by atoms with Crippen LogP contribution in [0.15, 0.2) is 53.2 Å². The molecule has 3 heterocycles. The lowest BCUT2D eigenvalue weighted by Gasteiger charge is -2.33. The van der Waals surface area contributed by atoms with E-state index >= 15 is 0 Å². The number of anilines is 1. The molecule has 0 radical (unpaired) electrons.